The third-order valence-corrected chi connectivity index (χ3v) is 4.78. The normalized spacial score (nSPS) is 12.7. The van der Waals surface area contributed by atoms with Crippen LogP contribution in [0.1, 0.15) is 52.3 Å². The molecule has 6 N–H and O–H groups in total. The Morgan fingerprint density at radius 3 is 2.45 bits per heavy atom. The molecule has 0 aliphatic rings. The summed E-state index contributed by atoms with van der Waals surface area (Å²) < 4.78 is 1.96. The molecular weight excluding hydrogens is 388 g/mol. The number of nitrogens with two attached hydrogens (primary N) is 2. The van der Waals surface area contributed by atoms with E-state index in [0.717, 1.165) is 22.4 Å². The Morgan fingerprint density at radius 1 is 1.14 bits per heavy atom. The highest BCUT2D eigenvalue weighted by Crippen LogP contribution is 2.33. The lowest BCUT2D eigenvalue weighted by Crippen LogP contribution is -2.26. The Hall–Kier alpha value is -2.58. The summed E-state index contributed by atoms with van der Waals surface area (Å²) in [4.78, 5) is 9.47. The van der Waals surface area contributed by atoms with Crippen LogP contribution in [-0.2, 0) is 0 Å². The molecule has 9 heteroatoms. The molecule has 8 nitrogen and oxygen atoms in total. The van der Waals surface area contributed by atoms with Crippen LogP contribution in [0, 0.1) is 0 Å². The number of rotatable bonds is 7. The van der Waals surface area contributed by atoms with Crippen molar-refractivity contribution in [3.8, 4) is 0 Å². The predicted octanol–water partition coefficient (Wildman–Crippen LogP) is 4.27. The molecule has 1 unspecified atom stereocenters. The largest absolute Gasteiger partial charge is 0.398 e. The fraction of sp³-hybridized carbons (Fsp3) is 0.450. The van der Waals surface area contributed by atoms with Gasteiger partial charge in [-0.05, 0) is 44.9 Å². The quantitative estimate of drug-likeness (QED) is 0.424. The maximum absolute atomic E-state index is 6.20. The molecule has 1 aromatic carbocycles. The highest BCUT2D eigenvalue weighted by Gasteiger charge is 2.22. The number of aromatic nitrogens is 4. The van der Waals surface area contributed by atoms with Gasteiger partial charge in [0.05, 0.1) is 16.4 Å². The third-order valence-electron chi connectivity index (χ3n) is 4.45. The van der Waals surface area contributed by atoms with Crippen LogP contribution in [0.15, 0.2) is 18.2 Å². The molecule has 0 aliphatic heterocycles. The van der Waals surface area contributed by atoms with Crippen molar-refractivity contribution in [2.24, 2.45) is 5.73 Å². The van der Waals surface area contributed by atoms with Crippen LogP contribution in [0.4, 0.5) is 23.1 Å². The summed E-state index contributed by atoms with van der Waals surface area (Å²) in [5.41, 5.74) is 15.6. The van der Waals surface area contributed by atoms with Crippen LogP contribution >= 0.6 is 11.6 Å². The summed E-state index contributed by atoms with van der Waals surface area (Å²) in [7, 11) is 0. The summed E-state index contributed by atoms with van der Waals surface area (Å²) in [6.45, 7) is 10.9. The molecule has 156 valence electrons. The molecule has 29 heavy (non-hydrogen) atoms. The zero-order chi connectivity index (χ0) is 21.3. The third kappa shape index (κ3) is 4.54. The Bertz CT molecular complexity index is 1010. The van der Waals surface area contributed by atoms with Gasteiger partial charge in [-0.1, -0.05) is 25.4 Å². The number of hydrogen-bond donors (Lipinski definition) is 4. The van der Waals surface area contributed by atoms with Crippen LogP contribution in [0.25, 0.3) is 11.0 Å². The Morgan fingerprint density at radius 2 is 1.86 bits per heavy atom. The lowest BCUT2D eigenvalue weighted by atomic mass is 10.1. The van der Waals surface area contributed by atoms with Gasteiger partial charge < -0.3 is 22.1 Å². The fourth-order valence-electron chi connectivity index (χ4n) is 2.99. The summed E-state index contributed by atoms with van der Waals surface area (Å²) in [5.74, 6) is 1.37. The van der Waals surface area contributed by atoms with E-state index in [1.165, 1.54) is 0 Å². The van der Waals surface area contributed by atoms with E-state index in [1.807, 2.05) is 17.7 Å². The first-order chi connectivity index (χ1) is 13.7. The van der Waals surface area contributed by atoms with Crippen LogP contribution in [0.5, 0.6) is 0 Å². The maximum atomic E-state index is 6.20. The lowest BCUT2D eigenvalue weighted by molar-refractivity contribution is 0.539. The minimum atomic E-state index is -0.0235. The van der Waals surface area contributed by atoms with Crippen LogP contribution in [-0.4, -0.2) is 32.3 Å². The molecular formula is C20H29ClN8. The summed E-state index contributed by atoms with van der Waals surface area (Å²) in [6, 6.07) is 5.53. The monoisotopic (exact) mass is 416 g/mol. The van der Waals surface area contributed by atoms with Crippen LogP contribution < -0.4 is 22.1 Å². The van der Waals surface area contributed by atoms with E-state index in [0.29, 0.717) is 29.0 Å². The van der Waals surface area contributed by atoms with Gasteiger partial charge in [-0.2, -0.15) is 10.1 Å². The average molecular weight is 417 g/mol. The average Bonchev–Trinajstić information content (AvgIpc) is 3.03. The van der Waals surface area contributed by atoms with E-state index in [9.17, 15) is 0 Å². The summed E-state index contributed by atoms with van der Waals surface area (Å²) in [5, 5.41) is 11.9. The molecule has 0 saturated carbocycles. The zero-order valence-corrected chi connectivity index (χ0v) is 18.2. The zero-order valence-electron chi connectivity index (χ0n) is 17.5. The van der Waals surface area contributed by atoms with Gasteiger partial charge in [-0.3, -0.25) is 4.68 Å². The number of anilines is 4. The van der Waals surface area contributed by atoms with Crippen molar-refractivity contribution >= 4 is 45.8 Å². The fourth-order valence-corrected chi connectivity index (χ4v) is 3.17. The molecule has 2 aromatic heterocycles. The van der Waals surface area contributed by atoms with Crippen molar-refractivity contribution in [2.45, 2.75) is 52.6 Å². The molecule has 0 bridgehead atoms. The minimum Gasteiger partial charge on any atom is -0.398 e. The van der Waals surface area contributed by atoms with Gasteiger partial charge in [0.2, 0.25) is 5.95 Å². The first-order valence-corrected chi connectivity index (χ1v) is 10.2. The number of nitrogen functional groups attached to an aromatic ring is 1. The highest BCUT2D eigenvalue weighted by molar-refractivity contribution is 6.33. The number of halogens is 1. The van der Waals surface area contributed by atoms with E-state index < -0.39 is 0 Å². The van der Waals surface area contributed by atoms with Crippen molar-refractivity contribution < 1.29 is 0 Å². The number of fused-ring (bicyclic) bond motifs is 1. The second-order valence-corrected chi connectivity index (χ2v) is 8.30. The molecule has 0 saturated heterocycles. The molecule has 0 amide bonds. The number of hydrogen-bond acceptors (Lipinski definition) is 7. The SMILES string of the molecule is CC(N)CNc1nc(Nc2ccc(N)c(Cl)c2)c2c(n1)c(C(C)C)nn2C(C)C. The van der Waals surface area contributed by atoms with Gasteiger partial charge >= 0.3 is 0 Å². The lowest BCUT2D eigenvalue weighted by Gasteiger charge is -2.14. The molecule has 0 aliphatic carbocycles. The van der Waals surface area contributed by atoms with E-state index in [4.69, 9.17) is 38.1 Å². The Balaban J connectivity index is 2.19. The second-order valence-electron chi connectivity index (χ2n) is 7.89. The first kappa shape index (κ1) is 21.1. The van der Waals surface area contributed by atoms with Crippen molar-refractivity contribution in [2.75, 3.05) is 22.9 Å². The molecule has 3 rings (SSSR count). The van der Waals surface area contributed by atoms with Gasteiger partial charge in [0.15, 0.2) is 5.82 Å². The number of nitrogens with zero attached hydrogens (tertiary/aromatic N) is 4. The van der Waals surface area contributed by atoms with Crippen molar-refractivity contribution in [3.63, 3.8) is 0 Å². The molecule has 3 aromatic rings. The Labute approximate surface area is 176 Å². The van der Waals surface area contributed by atoms with E-state index in [1.54, 1.807) is 12.1 Å². The van der Waals surface area contributed by atoms with E-state index in [2.05, 4.69) is 38.3 Å². The molecule has 2 heterocycles. The Kier molecular flexibility index (Phi) is 6.14. The van der Waals surface area contributed by atoms with E-state index >= 15 is 0 Å². The topological polar surface area (TPSA) is 120 Å². The van der Waals surface area contributed by atoms with Gasteiger partial charge in [0, 0.05) is 24.3 Å². The van der Waals surface area contributed by atoms with E-state index in [-0.39, 0.29) is 18.0 Å². The van der Waals surface area contributed by atoms with Gasteiger partial charge in [0.1, 0.15) is 11.0 Å². The van der Waals surface area contributed by atoms with Crippen molar-refractivity contribution in [1.29, 1.82) is 0 Å². The predicted molar refractivity (Wildman–Crippen MR) is 121 cm³/mol. The highest BCUT2D eigenvalue weighted by atomic mass is 35.5. The minimum absolute atomic E-state index is 0.0235. The number of benzene rings is 1. The maximum Gasteiger partial charge on any atom is 0.225 e. The van der Waals surface area contributed by atoms with Crippen LogP contribution in [0.3, 0.4) is 0 Å². The van der Waals surface area contributed by atoms with Crippen LogP contribution in [0.2, 0.25) is 5.02 Å². The second kappa shape index (κ2) is 8.42. The van der Waals surface area contributed by atoms with Gasteiger partial charge in [-0.15, -0.1) is 0 Å². The molecule has 0 fully saturated rings. The van der Waals surface area contributed by atoms with Crippen molar-refractivity contribution in [1.82, 2.24) is 19.7 Å². The smallest absolute Gasteiger partial charge is 0.225 e. The van der Waals surface area contributed by atoms with Crippen molar-refractivity contribution in [3.05, 3.63) is 28.9 Å². The summed E-state index contributed by atoms with van der Waals surface area (Å²) >= 11 is 6.20. The van der Waals surface area contributed by atoms with Gasteiger partial charge in [0.25, 0.3) is 0 Å². The first-order valence-electron chi connectivity index (χ1n) is 9.79. The van der Waals surface area contributed by atoms with Gasteiger partial charge in [-0.25, -0.2) is 4.98 Å². The number of nitrogens with one attached hydrogen (secondary N) is 2. The summed E-state index contributed by atoms with van der Waals surface area (Å²) in [6.07, 6.45) is 0. The molecule has 0 radical (unpaired) electrons. The molecule has 1 atom stereocenters. The standard InChI is InChI=1S/C20H29ClN8/c1-10(2)16-17-18(29(28-16)11(3)4)19(27-20(26-17)24-9-12(5)22)25-13-6-7-15(23)14(21)8-13/h6-8,10-12H,9,22-23H2,1-5H3,(H2,24,25,26,27). The molecule has 0 spiro atoms.